The van der Waals surface area contributed by atoms with Crippen molar-refractivity contribution in [2.45, 2.75) is 76.2 Å². The van der Waals surface area contributed by atoms with Gasteiger partial charge in [0.25, 0.3) is 11.8 Å². The number of para-hydroxylation sites is 1. The number of carbonyl (C=O) groups excluding carboxylic acids is 5. The first kappa shape index (κ1) is 33.1. The van der Waals surface area contributed by atoms with Crippen LogP contribution in [0.1, 0.15) is 56.1 Å². The number of likely N-dealkylation sites (tertiary alicyclic amines) is 1. The molecule has 0 unspecified atom stereocenters. The zero-order valence-electron chi connectivity index (χ0n) is 25.7. The van der Waals surface area contributed by atoms with Crippen LogP contribution in [0.25, 0.3) is 10.9 Å². The molecule has 0 saturated carbocycles. The molecule has 3 aromatic rings. The van der Waals surface area contributed by atoms with Crippen molar-refractivity contribution < 1.29 is 29.1 Å². The number of aromatic nitrogens is 1. The van der Waals surface area contributed by atoms with Crippen molar-refractivity contribution in [3.63, 3.8) is 0 Å². The van der Waals surface area contributed by atoms with E-state index in [1.807, 2.05) is 32.9 Å². The van der Waals surface area contributed by atoms with Crippen LogP contribution in [0, 0.1) is 0 Å². The van der Waals surface area contributed by atoms with E-state index < -0.39 is 59.8 Å². The maximum absolute atomic E-state index is 13.6. The number of nitrogens with zero attached hydrogens (tertiary/aromatic N) is 2. The standard InChI is InChI=1S/C33H40N6O6/c1-33(2,3)38-31(44)26-14-9-17-39(26)32(45)28(41)24(18-20-10-5-4-6-11-20)36-30(43)25(19-27(34)40)37-29(42)23-16-15-21-12-7-8-13-22(21)35-23/h4-8,10-13,15-16,24-26,28,41H,9,14,17-19H2,1-3H3,(H2,34,40)(H,36,43)(H,37,42)(H,38,44)/t24-,25-,26-,28+/m0/s1. The molecule has 0 spiro atoms. The highest BCUT2D eigenvalue weighted by Gasteiger charge is 2.41. The van der Waals surface area contributed by atoms with E-state index in [1.165, 1.54) is 11.0 Å². The summed E-state index contributed by atoms with van der Waals surface area (Å²) in [6.07, 6.45) is -1.20. The topological polar surface area (TPSA) is 184 Å². The first-order chi connectivity index (χ1) is 21.3. The summed E-state index contributed by atoms with van der Waals surface area (Å²) in [5.74, 6) is -3.40. The van der Waals surface area contributed by atoms with Gasteiger partial charge >= 0.3 is 0 Å². The number of fused-ring (bicyclic) bond motifs is 1. The van der Waals surface area contributed by atoms with E-state index in [1.54, 1.807) is 48.5 Å². The molecule has 12 nitrogen and oxygen atoms in total. The lowest BCUT2D eigenvalue weighted by molar-refractivity contribution is -0.147. The Bertz CT molecular complexity index is 1560. The van der Waals surface area contributed by atoms with Crippen LogP contribution in [0.2, 0.25) is 0 Å². The third-order valence-electron chi connectivity index (χ3n) is 7.46. The van der Waals surface area contributed by atoms with Gasteiger partial charge in [-0.15, -0.1) is 0 Å². The third kappa shape index (κ3) is 8.85. The number of hydrogen-bond acceptors (Lipinski definition) is 7. The number of primary amides is 1. The number of hydrogen-bond donors (Lipinski definition) is 5. The van der Waals surface area contributed by atoms with E-state index in [0.29, 0.717) is 23.9 Å². The Balaban J connectivity index is 1.55. The average Bonchev–Trinajstić information content (AvgIpc) is 3.49. The highest BCUT2D eigenvalue weighted by Crippen LogP contribution is 2.21. The molecule has 4 rings (SSSR count). The van der Waals surface area contributed by atoms with Gasteiger partial charge in [0.1, 0.15) is 17.8 Å². The number of rotatable bonds is 11. The van der Waals surface area contributed by atoms with E-state index in [4.69, 9.17) is 5.73 Å². The predicted molar refractivity (Wildman–Crippen MR) is 168 cm³/mol. The van der Waals surface area contributed by atoms with Crippen molar-refractivity contribution >= 4 is 40.4 Å². The van der Waals surface area contributed by atoms with Crippen molar-refractivity contribution in [1.29, 1.82) is 0 Å². The van der Waals surface area contributed by atoms with Crippen molar-refractivity contribution in [2.75, 3.05) is 6.54 Å². The molecule has 45 heavy (non-hydrogen) atoms. The number of pyridine rings is 1. The summed E-state index contributed by atoms with van der Waals surface area (Å²) in [6, 6.07) is 16.0. The largest absolute Gasteiger partial charge is 0.381 e. The van der Waals surface area contributed by atoms with Gasteiger partial charge in [-0.2, -0.15) is 0 Å². The second-order valence-electron chi connectivity index (χ2n) is 12.3. The second-order valence-corrected chi connectivity index (χ2v) is 12.3. The molecule has 5 amide bonds. The molecule has 0 bridgehead atoms. The van der Waals surface area contributed by atoms with Gasteiger partial charge in [0.05, 0.1) is 18.0 Å². The summed E-state index contributed by atoms with van der Waals surface area (Å²) in [6.45, 7) is 5.78. The van der Waals surface area contributed by atoms with Gasteiger partial charge in [-0.1, -0.05) is 54.6 Å². The third-order valence-corrected chi connectivity index (χ3v) is 7.46. The van der Waals surface area contributed by atoms with Crippen LogP contribution in [-0.2, 0) is 25.6 Å². The molecule has 1 aliphatic heterocycles. The lowest BCUT2D eigenvalue weighted by atomic mass is 9.99. The summed E-state index contributed by atoms with van der Waals surface area (Å²) in [5.41, 5.74) is 6.22. The lowest BCUT2D eigenvalue weighted by Crippen LogP contribution is -2.59. The molecule has 1 fully saturated rings. The highest BCUT2D eigenvalue weighted by molar-refractivity contribution is 5.99. The van der Waals surface area contributed by atoms with E-state index in [9.17, 15) is 29.1 Å². The molecular weight excluding hydrogens is 576 g/mol. The number of nitrogens with one attached hydrogen (secondary N) is 3. The first-order valence-electron chi connectivity index (χ1n) is 14.9. The number of amides is 5. The molecule has 0 aliphatic carbocycles. The SMILES string of the molecule is CC(C)(C)NC(=O)[C@@H]1CCCN1C(=O)[C@H](O)[C@H](Cc1ccccc1)NC(=O)[C@H](CC(N)=O)NC(=O)c1ccc2ccccc2n1. The summed E-state index contributed by atoms with van der Waals surface area (Å²) in [4.78, 5) is 70.9. The zero-order chi connectivity index (χ0) is 32.7. The number of nitrogens with two attached hydrogens (primary N) is 1. The number of aliphatic hydroxyl groups excluding tert-OH is 1. The van der Waals surface area contributed by atoms with Gasteiger partial charge in [-0.3, -0.25) is 24.0 Å². The van der Waals surface area contributed by atoms with Gasteiger partial charge in [0.15, 0.2) is 6.10 Å². The van der Waals surface area contributed by atoms with Crippen molar-refractivity contribution in [1.82, 2.24) is 25.8 Å². The molecule has 4 atom stereocenters. The molecule has 1 saturated heterocycles. The first-order valence-corrected chi connectivity index (χ1v) is 14.9. The maximum Gasteiger partial charge on any atom is 0.270 e. The minimum Gasteiger partial charge on any atom is -0.381 e. The highest BCUT2D eigenvalue weighted by atomic mass is 16.3. The van der Waals surface area contributed by atoms with E-state index >= 15 is 0 Å². The molecule has 238 valence electrons. The molecule has 1 aromatic heterocycles. The minimum atomic E-state index is -1.73. The summed E-state index contributed by atoms with van der Waals surface area (Å²) < 4.78 is 0. The Morgan fingerprint density at radius 1 is 0.978 bits per heavy atom. The number of aliphatic hydroxyl groups is 1. The van der Waals surface area contributed by atoms with Crippen LogP contribution >= 0.6 is 0 Å². The van der Waals surface area contributed by atoms with Crippen LogP contribution < -0.4 is 21.7 Å². The fraction of sp³-hybridized carbons (Fsp3) is 0.394. The van der Waals surface area contributed by atoms with E-state index in [-0.39, 0.29) is 24.6 Å². The number of carbonyl (C=O) groups is 5. The Hall–Kier alpha value is -4.84. The quantitative estimate of drug-likeness (QED) is 0.214. The van der Waals surface area contributed by atoms with Gasteiger partial charge in [0, 0.05) is 17.5 Å². The van der Waals surface area contributed by atoms with Crippen LogP contribution in [-0.4, -0.2) is 80.8 Å². The molecular formula is C33H40N6O6. The summed E-state index contributed by atoms with van der Waals surface area (Å²) in [7, 11) is 0. The van der Waals surface area contributed by atoms with Crippen molar-refractivity contribution in [3.05, 3.63) is 78.0 Å². The Kier molecular flexibility index (Phi) is 10.5. The maximum atomic E-state index is 13.6. The summed E-state index contributed by atoms with van der Waals surface area (Å²) in [5, 5.41) is 20.3. The van der Waals surface area contributed by atoms with Crippen LogP contribution in [0.5, 0.6) is 0 Å². The molecule has 2 aromatic carbocycles. The van der Waals surface area contributed by atoms with Gasteiger partial charge in [-0.25, -0.2) is 4.98 Å². The van der Waals surface area contributed by atoms with Gasteiger partial charge < -0.3 is 31.7 Å². The molecule has 6 N–H and O–H groups in total. The predicted octanol–water partition coefficient (Wildman–Crippen LogP) is 1.20. The minimum absolute atomic E-state index is 0.0284. The Labute approximate surface area is 261 Å². The van der Waals surface area contributed by atoms with Crippen LogP contribution in [0.4, 0.5) is 0 Å². The summed E-state index contributed by atoms with van der Waals surface area (Å²) >= 11 is 0. The van der Waals surface area contributed by atoms with E-state index in [0.717, 1.165) is 5.39 Å². The normalized spacial score (nSPS) is 16.8. The van der Waals surface area contributed by atoms with Crippen molar-refractivity contribution in [2.24, 2.45) is 5.73 Å². The molecule has 12 heteroatoms. The van der Waals surface area contributed by atoms with Crippen LogP contribution in [0.15, 0.2) is 66.7 Å². The monoisotopic (exact) mass is 616 g/mol. The number of benzene rings is 2. The second kappa shape index (κ2) is 14.3. The fourth-order valence-electron chi connectivity index (χ4n) is 5.33. The van der Waals surface area contributed by atoms with Gasteiger partial charge in [0.2, 0.25) is 17.7 Å². The van der Waals surface area contributed by atoms with Crippen LogP contribution in [0.3, 0.4) is 0 Å². The average molecular weight is 617 g/mol. The fourth-order valence-corrected chi connectivity index (χ4v) is 5.33. The smallest absolute Gasteiger partial charge is 0.270 e. The zero-order valence-corrected chi connectivity index (χ0v) is 25.7. The van der Waals surface area contributed by atoms with Crippen molar-refractivity contribution in [3.8, 4) is 0 Å². The Morgan fingerprint density at radius 3 is 2.36 bits per heavy atom. The lowest BCUT2D eigenvalue weighted by Gasteiger charge is -2.32. The van der Waals surface area contributed by atoms with E-state index in [2.05, 4.69) is 20.9 Å². The molecule has 0 radical (unpaired) electrons. The van der Waals surface area contributed by atoms with Gasteiger partial charge in [-0.05, 0) is 57.7 Å². The Morgan fingerprint density at radius 2 is 1.67 bits per heavy atom. The molecule has 1 aliphatic rings. The molecule has 2 heterocycles.